The Morgan fingerprint density at radius 3 is 2.52 bits per heavy atom. The van der Waals surface area contributed by atoms with Gasteiger partial charge in [-0.05, 0) is 43.3 Å². The number of benzene rings is 1. The molecule has 0 spiro atoms. The highest BCUT2D eigenvalue weighted by molar-refractivity contribution is 7.19. The minimum Gasteiger partial charge on any atom is -0.494 e. The predicted molar refractivity (Wildman–Crippen MR) is 88.5 cm³/mol. The Kier molecular flexibility index (Phi) is 3.47. The largest absolute Gasteiger partial charge is 0.494 e. The smallest absolute Gasteiger partial charge is 0.235 e. The third-order valence-corrected chi connectivity index (χ3v) is 4.29. The van der Waals surface area contributed by atoms with E-state index in [1.54, 1.807) is 16.9 Å². The van der Waals surface area contributed by atoms with Crippen LogP contribution in [0.2, 0.25) is 0 Å². The molecule has 0 N–H and O–H groups in total. The molecule has 0 aliphatic rings. The number of rotatable bonds is 4. The topological polar surface area (TPSA) is 65.2 Å². The molecule has 4 aromatic rings. The quantitative estimate of drug-likeness (QED) is 0.576. The molecule has 0 bridgehead atoms. The average molecular weight is 323 g/mol. The van der Waals surface area contributed by atoms with Gasteiger partial charge in [-0.1, -0.05) is 11.3 Å². The first kappa shape index (κ1) is 13.8. The van der Waals surface area contributed by atoms with Gasteiger partial charge in [-0.2, -0.15) is 9.61 Å². The summed E-state index contributed by atoms with van der Waals surface area (Å²) in [7, 11) is 0. The van der Waals surface area contributed by atoms with Crippen LogP contribution in [0.3, 0.4) is 0 Å². The lowest BCUT2D eigenvalue weighted by Gasteiger charge is -2.02. The van der Waals surface area contributed by atoms with Crippen LogP contribution in [0, 0.1) is 0 Å². The number of ether oxygens (including phenoxy) is 1. The molecular formula is C16H13N5OS. The van der Waals surface area contributed by atoms with Gasteiger partial charge in [-0.15, -0.1) is 10.2 Å². The lowest BCUT2D eigenvalue weighted by molar-refractivity contribution is 0.340. The van der Waals surface area contributed by atoms with E-state index in [4.69, 9.17) is 4.74 Å². The van der Waals surface area contributed by atoms with Crippen LogP contribution in [0.25, 0.3) is 26.9 Å². The third kappa shape index (κ3) is 2.55. The number of pyridine rings is 1. The third-order valence-electron chi connectivity index (χ3n) is 3.34. The van der Waals surface area contributed by atoms with Gasteiger partial charge in [0.15, 0.2) is 5.82 Å². The zero-order valence-electron chi connectivity index (χ0n) is 12.4. The first-order valence-corrected chi connectivity index (χ1v) is 8.02. The van der Waals surface area contributed by atoms with Gasteiger partial charge in [0.25, 0.3) is 0 Å². The molecule has 0 saturated heterocycles. The number of hydrogen-bond acceptors (Lipinski definition) is 6. The summed E-state index contributed by atoms with van der Waals surface area (Å²) in [6.45, 7) is 2.63. The number of aromatic nitrogens is 5. The summed E-state index contributed by atoms with van der Waals surface area (Å²) in [4.78, 5) is 4.79. The van der Waals surface area contributed by atoms with Gasteiger partial charge in [-0.25, -0.2) is 0 Å². The molecule has 4 rings (SSSR count). The van der Waals surface area contributed by atoms with E-state index < -0.39 is 0 Å². The Morgan fingerprint density at radius 2 is 1.78 bits per heavy atom. The van der Waals surface area contributed by atoms with Crippen LogP contribution >= 0.6 is 11.3 Å². The second-order valence-corrected chi connectivity index (χ2v) is 5.77. The van der Waals surface area contributed by atoms with Crippen molar-refractivity contribution in [2.45, 2.75) is 6.92 Å². The Balaban J connectivity index is 1.73. The van der Waals surface area contributed by atoms with Gasteiger partial charge in [0, 0.05) is 23.5 Å². The maximum Gasteiger partial charge on any atom is 0.235 e. The minimum atomic E-state index is 0.658. The highest BCUT2D eigenvalue weighted by atomic mass is 32.1. The van der Waals surface area contributed by atoms with Crippen LogP contribution < -0.4 is 4.74 Å². The second-order valence-electron chi connectivity index (χ2n) is 4.82. The van der Waals surface area contributed by atoms with E-state index in [1.165, 1.54) is 11.3 Å². The molecule has 3 aromatic heterocycles. The second kappa shape index (κ2) is 5.77. The lowest BCUT2D eigenvalue weighted by atomic mass is 10.2. The van der Waals surface area contributed by atoms with Crippen LogP contribution in [0.4, 0.5) is 0 Å². The SMILES string of the molecule is CCOc1ccc(-c2nn3c(-c4ccncc4)nnc3s2)cc1. The number of hydrogen-bond donors (Lipinski definition) is 0. The Bertz CT molecular complexity index is 930. The zero-order chi connectivity index (χ0) is 15.6. The molecule has 114 valence electrons. The molecule has 7 heteroatoms. The molecule has 1 aromatic carbocycles. The molecule has 3 heterocycles. The van der Waals surface area contributed by atoms with E-state index in [-0.39, 0.29) is 0 Å². The van der Waals surface area contributed by atoms with E-state index in [9.17, 15) is 0 Å². The average Bonchev–Trinajstić information content (AvgIpc) is 3.17. The van der Waals surface area contributed by atoms with Gasteiger partial charge in [0.2, 0.25) is 4.96 Å². The summed E-state index contributed by atoms with van der Waals surface area (Å²) in [5, 5.41) is 14.0. The summed E-state index contributed by atoms with van der Waals surface area (Å²) < 4.78 is 7.24. The van der Waals surface area contributed by atoms with Gasteiger partial charge in [0.05, 0.1) is 6.61 Å². The fourth-order valence-corrected chi connectivity index (χ4v) is 3.12. The molecule has 6 nitrogen and oxygen atoms in total. The molecule has 0 aliphatic heterocycles. The van der Waals surface area contributed by atoms with Gasteiger partial charge in [-0.3, -0.25) is 4.98 Å². The first-order valence-electron chi connectivity index (χ1n) is 7.21. The number of fused-ring (bicyclic) bond motifs is 1. The normalized spacial score (nSPS) is 11.0. The minimum absolute atomic E-state index is 0.658. The van der Waals surface area contributed by atoms with Crippen LogP contribution in [0.15, 0.2) is 48.8 Å². The monoisotopic (exact) mass is 323 g/mol. The molecule has 23 heavy (non-hydrogen) atoms. The Morgan fingerprint density at radius 1 is 1.00 bits per heavy atom. The lowest BCUT2D eigenvalue weighted by Crippen LogP contribution is -1.92. The van der Waals surface area contributed by atoms with E-state index in [1.807, 2.05) is 43.3 Å². The first-order chi connectivity index (χ1) is 11.3. The highest BCUT2D eigenvalue weighted by Gasteiger charge is 2.14. The van der Waals surface area contributed by atoms with E-state index in [0.717, 1.165) is 32.7 Å². The maximum absolute atomic E-state index is 5.47. The standard InChI is InChI=1S/C16H13N5OS/c1-2-22-13-5-3-12(4-6-13)15-20-21-14(18-19-16(21)23-15)11-7-9-17-10-8-11/h3-10H,2H2,1H3. The predicted octanol–water partition coefficient (Wildman–Crippen LogP) is 3.31. The van der Waals surface area contributed by atoms with E-state index in [0.29, 0.717) is 6.61 Å². The number of nitrogens with zero attached hydrogens (tertiary/aromatic N) is 5. The molecule has 0 amide bonds. The zero-order valence-corrected chi connectivity index (χ0v) is 13.2. The van der Waals surface area contributed by atoms with Crippen molar-refractivity contribution in [2.75, 3.05) is 6.61 Å². The highest BCUT2D eigenvalue weighted by Crippen LogP contribution is 2.28. The van der Waals surface area contributed by atoms with Gasteiger partial charge in [0.1, 0.15) is 10.8 Å². The summed E-state index contributed by atoms with van der Waals surface area (Å²) >= 11 is 1.51. The molecule has 0 unspecified atom stereocenters. The van der Waals surface area contributed by atoms with E-state index >= 15 is 0 Å². The fourth-order valence-electron chi connectivity index (χ4n) is 2.28. The summed E-state index contributed by atoms with van der Waals surface area (Å²) in [6.07, 6.45) is 3.46. The molecule has 0 atom stereocenters. The van der Waals surface area contributed by atoms with Crippen LogP contribution in [0.1, 0.15) is 6.92 Å². The maximum atomic E-state index is 5.47. The van der Waals surface area contributed by atoms with Crippen LogP contribution in [-0.2, 0) is 0 Å². The van der Waals surface area contributed by atoms with Crippen molar-refractivity contribution in [1.82, 2.24) is 24.8 Å². The van der Waals surface area contributed by atoms with Crippen molar-refractivity contribution in [3.63, 3.8) is 0 Å². The van der Waals surface area contributed by atoms with Crippen molar-refractivity contribution in [3.05, 3.63) is 48.8 Å². The van der Waals surface area contributed by atoms with Crippen molar-refractivity contribution < 1.29 is 4.74 Å². The summed E-state index contributed by atoms with van der Waals surface area (Å²) in [5.41, 5.74) is 1.97. The molecule has 0 fully saturated rings. The Hall–Kier alpha value is -2.80. The molecular weight excluding hydrogens is 310 g/mol. The van der Waals surface area contributed by atoms with Crippen molar-refractivity contribution in [3.8, 4) is 27.7 Å². The van der Waals surface area contributed by atoms with Crippen molar-refractivity contribution in [1.29, 1.82) is 0 Å². The molecule has 0 saturated carbocycles. The van der Waals surface area contributed by atoms with Crippen molar-refractivity contribution >= 4 is 16.3 Å². The van der Waals surface area contributed by atoms with Crippen LogP contribution in [0.5, 0.6) is 5.75 Å². The Labute approximate surface area is 136 Å². The van der Waals surface area contributed by atoms with Crippen molar-refractivity contribution in [2.24, 2.45) is 0 Å². The fraction of sp³-hybridized carbons (Fsp3) is 0.125. The summed E-state index contributed by atoms with van der Waals surface area (Å²) in [6, 6.07) is 11.7. The molecule has 0 aliphatic carbocycles. The van der Waals surface area contributed by atoms with E-state index in [2.05, 4.69) is 20.3 Å². The molecule has 0 radical (unpaired) electrons. The van der Waals surface area contributed by atoms with Gasteiger partial charge >= 0.3 is 0 Å². The summed E-state index contributed by atoms with van der Waals surface area (Å²) in [5.74, 6) is 1.58. The van der Waals surface area contributed by atoms with Gasteiger partial charge < -0.3 is 4.74 Å². The van der Waals surface area contributed by atoms with Crippen LogP contribution in [-0.4, -0.2) is 31.4 Å².